The number of phenolic OH excluding ortho intramolecular Hbond substituents is 1. The normalized spacial score (nSPS) is 15.1. The van der Waals surface area contributed by atoms with Gasteiger partial charge in [-0.05, 0) is 43.0 Å². The van der Waals surface area contributed by atoms with E-state index < -0.39 is 42.0 Å². The summed E-state index contributed by atoms with van der Waals surface area (Å²) in [4.78, 5) is 36.3. The molecule has 0 saturated carbocycles. The van der Waals surface area contributed by atoms with Crippen LogP contribution < -0.4 is 16.4 Å². The van der Waals surface area contributed by atoms with Gasteiger partial charge in [-0.2, -0.15) is 11.8 Å². The number of aliphatic carboxylic acids is 1. The third-order valence-electron chi connectivity index (χ3n) is 4.06. The van der Waals surface area contributed by atoms with Gasteiger partial charge in [0.15, 0.2) is 0 Å². The minimum Gasteiger partial charge on any atom is -0.508 e. The van der Waals surface area contributed by atoms with Gasteiger partial charge in [0, 0.05) is 6.42 Å². The van der Waals surface area contributed by atoms with Crippen LogP contribution in [0.5, 0.6) is 5.75 Å². The van der Waals surface area contributed by atoms with E-state index in [0.29, 0.717) is 11.3 Å². The topological polar surface area (TPSA) is 162 Å². The summed E-state index contributed by atoms with van der Waals surface area (Å²) in [5.41, 5.74) is 6.25. The van der Waals surface area contributed by atoms with Crippen LogP contribution in [0.1, 0.15) is 18.9 Å². The Kier molecular flexibility index (Phi) is 9.77. The zero-order valence-electron chi connectivity index (χ0n) is 15.8. The second-order valence-electron chi connectivity index (χ2n) is 6.38. The van der Waals surface area contributed by atoms with Crippen LogP contribution in [0.15, 0.2) is 24.3 Å². The molecule has 0 radical (unpaired) electrons. The van der Waals surface area contributed by atoms with E-state index in [-0.39, 0.29) is 18.6 Å². The predicted molar refractivity (Wildman–Crippen MR) is 106 cm³/mol. The van der Waals surface area contributed by atoms with Gasteiger partial charge in [-0.15, -0.1) is 0 Å². The van der Waals surface area contributed by atoms with E-state index in [4.69, 9.17) is 5.73 Å². The highest BCUT2D eigenvalue weighted by Crippen LogP contribution is 2.12. The number of phenols is 1. The van der Waals surface area contributed by atoms with Crippen LogP contribution in [0.4, 0.5) is 0 Å². The Labute approximate surface area is 167 Å². The average molecular weight is 413 g/mol. The molecule has 1 rings (SSSR count). The fraction of sp³-hybridized carbons (Fsp3) is 0.500. The van der Waals surface area contributed by atoms with E-state index in [0.717, 1.165) is 0 Å². The number of carboxylic acids is 1. The molecule has 0 aliphatic carbocycles. The number of hydrogen-bond acceptors (Lipinski definition) is 7. The van der Waals surface area contributed by atoms with Crippen molar-refractivity contribution in [1.82, 2.24) is 10.6 Å². The Morgan fingerprint density at radius 1 is 1.11 bits per heavy atom. The number of carboxylic acid groups (broad SMARTS) is 1. The summed E-state index contributed by atoms with van der Waals surface area (Å²) in [6.45, 7) is 1.35. The number of aromatic hydroxyl groups is 1. The molecule has 0 aliphatic heterocycles. The van der Waals surface area contributed by atoms with Crippen LogP contribution in [0.3, 0.4) is 0 Å². The lowest BCUT2D eigenvalue weighted by Gasteiger charge is -2.23. The number of nitrogens with two attached hydrogens (primary N) is 1. The Morgan fingerprint density at radius 3 is 2.18 bits per heavy atom. The highest BCUT2D eigenvalue weighted by molar-refractivity contribution is 7.98. The summed E-state index contributed by atoms with van der Waals surface area (Å²) in [7, 11) is 0. The fourth-order valence-corrected chi connectivity index (χ4v) is 2.80. The number of nitrogens with one attached hydrogen (secondary N) is 2. The van der Waals surface area contributed by atoms with Gasteiger partial charge in [-0.1, -0.05) is 12.1 Å². The lowest BCUT2D eigenvalue weighted by Crippen LogP contribution is -2.57. The Morgan fingerprint density at radius 2 is 1.68 bits per heavy atom. The summed E-state index contributed by atoms with van der Waals surface area (Å²) < 4.78 is 0. The van der Waals surface area contributed by atoms with Gasteiger partial charge in [0.05, 0.1) is 6.10 Å². The van der Waals surface area contributed by atoms with Gasteiger partial charge in [-0.3, -0.25) is 9.59 Å². The minimum atomic E-state index is -1.23. The summed E-state index contributed by atoms with van der Waals surface area (Å²) >= 11 is 1.45. The first-order valence-corrected chi connectivity index (χ1v) is 10.1. The number of carbonyl (C=O) groups is 3. The Bertz CT molecular complexity index is 668. The highest BCUT2D eigenvalue weighted by atomic mass is 32.2. The molecule has 0 aliphatic rings. The van der Waals surface area contributed by atoms with Crippen LogP contribution in [0, 0.1) is 0 Å². The smallest absolute Gasteiger partial charge is 0.326 e. The van der Waals surface area contributed by atoms with E-state index in [1.54, 1.807) is 12.1 Å². The van der Waals surface area contributed by atoms with E-state index in [9.17, 15) is 29.7 Å². The molecule has 0 saturated heterocycles. The van der Waals surface area contributed by atoms with Gasteiger partial charge in [0.25, 0.3) is 0 Å². The zero-order chi connectivity index (χ0) is 21.3. The lowest BCUT2D eigenvalue weighted by molar-refractivity contribution is -0.142. The van der Waals surface area contributed by atoms with E-state index in [2.05, 4.69) is 10.6 Å². The zero-order valence-corrected chi connectivity index (χ0v) is 16.6. The number of aliphatic hydroxyl groups is 1. The first kappa shape index (κ1) is 23.7. The number of rotatable bonds is 11. The van der Waals surface area contributed by atoms with Crippen LogP contribution in [-0.4, -0.2) is 69.3 Å². The molecular weight excluding hydrogens is 386 g/mol. The Hall–Kier alpha value is -2.30. The van der Waals surface area contributed by atoms with Crippen molar-refractivity contribution < 1.29 is 29.7 Å². The van der Waals surface area contributed by atoms with Crippen molar-refractivity contribution in [1.29, 1.82) is 0 Å². The third kappa shape index (κ3) is 7.75. The molecule has 0 aromatic heterocycles. The molecule has 4 unspecified atom stereocenters. The fourth-order valence-electron chi connectivity index (χ4n) is 2.33. The number of carbonyl (C=O) groups excluding carboxylic acids is 2. The maximum Gasteiger partial charge on any atom is 0.326 e. The second kappa shape index (κ2) is 11.5. The molecule has 1 aromatic rings. The maximum atomic E-state index is 12.7. The van der Waals surface area contributed by atoms with Crippen molar-refractivity contribution in [2.45, 2.75) is 44.0 Å². The maximum absolute atomic E-state index is 12.7. The number of hydrogen-bond donors (Lipinski definition) is 6. The van der Waals surface area contributed by atoms with Gasteiger partial charge in [0.1, 0.15) is 23.9 Å². The minimum absolute atomic E-state index is 0.0490. The molecule has 0 bridgehead atoms. The Balaban J connectivity index is 2.96. The highest BCUT2D eigenvalue weighted by Gasteiger charge is 2.29. The van der Waals surface area contributed by atoms with Crippen LogP contribution >= 0.6 is 11.8 Å². The van der Waals surface area contributed by atoms with Crippen molar-refractivity contribution in [3.8, 4) is 5.75 Å². The van der Waals surface area contributed by atoms with Crippen molar-refractivity contribution in [2.24, 2.45) is 5.73 Å². The van der Waals surface area contributed by atoms with Crippen LogP contribution in [0.25, 0.3) is 0 Å². The summed E-state index contributed by atoms with van der Waals surface area (Å²) in [6, 6.07) is 2.61. The molecule has 7 N–H and O–H groups in total. The van der Waals surface area contributed by atoms with Gasteiger partial charge in [-0.25, -0.2) is 4.79 Å². The quantitative estimate of drug-likeness (QED) is 0.281. The largest absolute Gasteiger partial charge is 0.508 e. The van der Waals surface area contributed by atoms with Crippen molar-refractivity contribution in [2.75, 3.05) is 12.0 Å². The second-order valence-corrected chi connectivity index (χ2v) is 7.36. The average Bonchev–Trinajstić information content (AvgIpc) is 2.64. The molecule has 0 fully saturated rings. The van der Waals surface area contributed by atoms with Gasteiger partial charge >= 0.3 is 5.97 Å². The van der Waals surface area contributed by atoms with Crippen molar-refractivity contribution >= 4 is 29.5 Å². The van der Waals surface area contributed by atoms with Gasteiger partial charge < -0.3 is 31.7 Å². The summed E-state index contributed by atoms with van der Waals surface area (Å²) in [5.74, 6) is -1.98. The van der Waals surface area contributed by atoms with Crippen molar-refractivity contribution in [3.05, 3.63) is 29.8 Å². The van der Waals surface area contributed by atoms with E-state index in [1.165, 1.54) is 30.8 Å². The van der Waals surface area contributed by atoms with Crippen LogP contribution in [-0.2, 0) is 20.8 Å². The first-order chi connectivity index (χ1) is 13.1. The molecule has 0 heterocycles. The molecule has 2 amide bonds. The molecule has 0 spiro atoms. The van der Waals surface area contributed by atoms with Gasteiger partial charge in [0.2, 0.25) is 11.8 Å². The number of amides is 2. The molecule has 9 nitrogen and oxygen atoms in total. The van der Waals surface area contributed by atoms with Crippen molar-refractivity contribution in [3.63, 3.8) is 0 Å². The molecule has 156 valence electrons. The number of aliphatic hydroxyl groups excluding tert-OH is 1. The molecular formula is C18H27N3O6S. The third-order valence-corrected chi connectivity index (χ3v) is 4.70. The first-order valence-electron chi connectivity index (χ1n) is 8.69. The van der Waals surface area contributed by atoms with E-state index >= 15 is 0 Å². The summed E-state index contributed by atoms with van der Waals surface area (Å²) in [5, 5.41) is 33.1. The number of benzene rings is 1. The molecule has 1 aromatic carbocycles. The van der Waals surface area contributed by atoms with E-state index in [1.807, 2.05) is 6.26 Å². The SMILES string of the molecule is CSCCC(NC(=O)C(Cc1ccc(O)cc1)NC(=O)C(N)C(C)O)C(=O)O. The molecule has 10 heteroatoms. The molecule has 4 atom stereocenters. The monoisotopic (exact) mass is 413 g/mol. The molecule has 28 heavy (non-hydrogen) atoms. The standard InChI is InChI=1S/C18H27N3O6S/c1-10(22)15(19)17(25)21-14(9-11-3-5-12(23)6-4-11)16(24)20-13(18(26)27)7-8-28-2/h3-6,10,13-15,22-23H,7-9,19H2,1-2H3,(H,20,24)(H,21,25)(H,26,27). The summed E-state index contributed by atoms with van der Waals surface area (Å²) in [6.07, 6.45) is 0.992. The lowest BCUT2D eigenvalue weighted by atomic mass is 10.0. The number of thioether (sulfide) groups is 1. The predicted octanol–water partition coefficient (Wildman–Crippen LogP) is -0.550. The van der Waals surface area contributed by atoms with Crippen LogP contribution in [0.2, 0.25) is 0 Å².